The van der Waals surface area contributed by atoms with Crippen molar-refractivity contribution in [3.8, 4) is 0 Å². The van der Waals surface area contributed by atoms with Crippen molar-refractivity contribution in [3.05, 3.63) is 47.5 Å². The number of carbonyl (C=O) groups is 1. The quantitative estimate of drug-likeness (QED) is 0.811. The van der Waals surface area contributed by atoms with Crippen molar-refractivity contribution in [1.82, 2.24) is 15.3 Å². The third-order valence-corrected chi connectivity index (χ3v) is 4.18. The number of hydrogen-bond donors (Lipinski definition) is 2. The van der Waals surface area contributed by atoms with Gasteiger partial charge in [-0.25, -0.2) is 4.98 Å². The maximum Gasteiger partial charge on any atom is 0.244 e. The lowest BCUT2D eigenvalue weighted by Gasteiger charge is -2.27. The standard InChI is InChI=1S/C15H16N4O/c20-15(12-7-11-13(8-16-12)18-9-17-11)19-6-5-10-3-1-2-4-14(10)19/h1-4,9,12,16H,5-8H2,(H,17,18). The molecule has 102 valence electrons. The van der Waals surface area contributed by atoms with E-state index in [9.17, 15) is 4.79 Å². The maximum atomic E-state index is 12.7. The topological polar surface area (TPSA) is 61.0 Å². The van der Waals surface area contributed by atoms with Crippen LogP contribution in [0.25, 0.3) is 0 Å². The number of imidazole rings is 1. The summed E-state index contributed by atoms with van der Waals surface area (Å²) in [7, 11) is 0. The average molecular weight is 268 g/mol. The van der Waals surface area contributed by atoms with E-state index in [0.29, 0.717) is 13.0 Å². The molecule has 5 nitrogen and oxygen atoms in total. The van der Waals surface area contributed by atoms with Gasteiger partial charge in [0.05, 0.1) is 23.8 Å². The van der Waals surface area contributed by atoms with Crippen molar-refractivity contribution >= 4 is 11.6 Å². The summed E-state index contributed by atoms with van der Waals surface area (Å²) in [5.41, 5.74) is 4.43. The van der Waals surface area contributed by atoms with Gasteiger partial charge >= 0.3 is 0 Å². The summed E-state index contributed by atoms with van der Waals surface area (Å²) >= 11 is 0. The first kappa shape index (κ1) is 11.7. The van der Waals surface area contributed by atoms with Gasteiger partial charge in [-0.15, -0.1) is 0 Å². The van der Waals surface area contributed by atoms with E-state index in [4.69, 9.17) is 0 Å². The Morgan fingerprint density at radius 3 is 3.20 bits per heavy atom. The van der Waals surface area contributed by atoms with Crippen LogP contribution in [0.1, 0.15) is 17.0 Å². The number of nitrogens with one attached hydrogen (secondary N) is 2. The van der Waals surface area contributed by atoms with Gasteiger partial charge in [0.1, 0.15) is 0 Å². The summed E-state index contributed by atoms with van der Waals surface area (Å²) in [4.78, 5) is 22.0. The first-order valence-electron chi connectivity index (χ1n) is 6.97. The number of H-pyrrole nitrogens is 1. The van der Waals surface area contributed by atoms with Crippen LogP contribution in [-0.4, -0.2) is 28.5 Å². The number of hydrogen-bond acceptors (Lipinski definition) is 3. The van der Waals surface area contributed by atoms with Crippen LogP contribution in [0.4, 0.5) is 5.69 Å². The molecule has 0 saturated carbocycles. The smallest absolute Gasteiger partial charge is 0.244 e. The van der Waals surface area contributed by atoms with Gasteiger partial charge in [0.25, 0.3) is 0 Å². The molecule has 0 fully saturated rings. The minimum atomic E-state index is -0.169. The van der Waals surface area contributed by atoms with E-state index in [1.165, 1.54) is 5.56 Å². The van der Waals surface area contributed by atoms with Gasteiger partial charge in [-0.1, -0.05) is 18.2 Å². The zero-order valence-electron chi connectivity index (χ0n) is 11.1. The van der Waals surface area contributed by atoms with Crippen LogP contribution in [0.15, 0.2) is 30.6 Å². The summed E-state index contributed by atoms with van der Waals surface area (Å²) < 4.78 is 0. The predicted molar refractivity (Wildman–Crippen MR) is 75.4 cm³/mol. The number of amides is 1. The molecule has 0 bridgehead atoms. The number of para-hydroxylation sites is 1. The predicted octanol–water partition coefficient (Wildman–Crippen LogP) is 1.01. The van der Waals surface area contributed by atoms with Crippen LogP contribution in [0, 0.1) is 0 Å². The van der Waals surface area contributed by atoms with Gasteiger partial charge in [-0.2, -0.15) is 0 Å². The van der Waals surface area contributed by atoms with E-state index < -0.39 is 0 Å². The molecule has 2 aromatic rings. The fourth-order valence-corrected chi connectivity index (χ4v) is 3.10. The molecular formula is C15H16N4O. The monoisotopic (exact) mass is 268 g/mol. The lowest BCUT2D eigenvalue weighted by molar-refractivity contribution is -0.120. The molecule has 1 unspecified atom stereocenters. The Kier molecular flexibility index (Phi) is 2.60. The van der Waals surface area contributed by atoms with Crippen LogP contribution in [0.5, 0.6) is 0 Å². The number of carbonyl (C=O) groups excluding carboxylic acids is 1. The van der Waals surface area contributed by atoms with Crippen LogP contribution in [0.3, 0.4) is 0 Å². The number of anilines is 1. The largest absolute Gasteiger partial charge is 0.347 e. The van der Waals surface area contributed by atoms with Gasteiger partial charge in [0.15, 0.2) is 0 Å². The van der Waals surface area contributed by atoms with Crippen LogP contribution >= 0.6 is 0 Å². The molecule has 0 saturated heterocycles. The molecule has 2 aliphatic rings. The van der Waals surface area contributed by atoms with Gasteiger partial charge in [0, 0.05) is 25.2 Å². The molecule has 0 spiro atoms. The second kappa shape index (κ2) is 4.45. The van der Waals surface area contributed by atoms with E-state index >= 15 is 0 Å². The lowest BCUT2D eigenvalue weighted by Crippen LogP contribution is -2.49. The molecular weight excluding hydrogens is 252 g/mol. The van der Waals surface area contributed by atoms with E-state index in [1.807, 2.05) is 23.1 Å². The molecule has 2 N–H and O–H groups in total. The minimum absolute atomic E-state index is 0.156. The van der Waals surface area contributed by atoms with Crippen molar-refractivity contribution in [3.63, 3.8) is 0 Å². The Morgan fingerprint density at radius 2 is 2.25 bits per heavy atom. The third-order valence-electron chi connectivity index (χ3n) is 4.18. The average Bonchev–Trinajstić information content (AvgIpc) is 3.12. The summed E-state index contributed by atoms with van der Waals surface area (Å²) in [6.07, 6.45) is 3.31. The van der Waals surface area contributed by atoms with Gasteiger partial charge in [0.2, 0.25) is 5.91 Å². The first-order chi connectivity index (χ1) is 9.83. The molecule has 3 heterocycles. The van der Waals surface area contributed by atoms with Crippen LogP contribution in [-0.2, 0) is 24.2 Å². The number of aromatic nitrogens is 2. The lowest BCUT2D eigenvalue weighted by atomic mass is 10.0. The van der Waals surface area contributed by atoms with Crippen molar-refractivity contribution in [1.29, 1.82) is 0 Å². The van der Waals surface area contributed by atoms with Crippen molar-refractivity contribution in [2.45, 2.75) is 25.4 Å². The van der Waals surface area contributed by atoms with E-state index in [2.05, 4.69) is 21.4 Å². The first-order valence-corrected chi connectivity index (χ1v) is 6.97. The zero-order chi connectivity index (χ0) is 13.5. The molecule has 0 radical (unpaired) electrons. The summed E-state index contributed by atoms with van der Waals surface area (Å²) in [5, 5.41) is 3.31. The van der Waals surface area contributed by atoms with Crippen molar-refractivity contribution < 1.29 is 4.79 Å². The molecule has 5 heteroatoms. The van der Waals surface area contributed by atoms with Gasteiger partial charge in [-0.3, -0.25) is 10.1 Å². The zero-order valence-corrected chi connectivity index (χ0v) is 11.1. The number of aromatic amines is 1. The highest BCUT2D eigenvalue weighted by atomic mass is 16.2. The Bertz CT molecular complexity index is 663. The number of benzene rings is 1. The van der Waals surface area contributed by atoms with Crippen molar-refractivity contribution in [2.24, 2.45) is 0 Å². The molecule has 2 aliphatic heterocycles. The number of nitrogens with zero attached hydrogens (tertiary/aromatic N) is 2. The Morgan fingerprint density at radius 1 is 1.35 bits per heavy atom. The molecule has 1 aromatic carbocycles. The fourth-order valence-electron chi connectivity index (χ4n) is 3.10. The molecule has 1 amide bonds. The SMILES string of the molecule is O=C(C1Cc2nc[nH]c2CN1)N1CCc2ccccc21. The normalized spacial score (nSPS) is 20.6. The van der Waals surface area contributed by atoms with Crippen molar-refractivity contribution in [2.75, 3.05) is 11.4 Å². The summed E-state index contributed by atoms with van der Waals surface area (Å²) in [6.45, 7) is 1.46. The maximum absolute atomic E-state index is 12.7. The van der Waals surface area contributed by atoms with Crippen LogP contribution < -0.4 is 10.2 Å². The molecule has 0 aliphatic carbocycles. The highest BCUT2D eigenvalue weighted by molar-refractivity contribution is 5.99. The fraction of sp³-hybridized carbons (Fsp3) is 0.333. The Balaban J connectivity index is 1.58. The molecule has 1 aromatic heterocycles. The highest BCUT2D eigenvalue weighted by Gasteiger charge is 2.32. The number of rotatable bonds is 1. The minimum Gasteiger partial charge on any atom is -0.347 e. The molecule has 20 heavy (non-hydrogen) atoms. The number of fused-ring (bicyclic) bond motifs is 2. The van der Waals surface area contributed by atoms with E-state index in [0.717, 1.165) is 30.0 Å². The second-order valence-electron chi connectivity index (χ2n) is 5.33. The summed E-state index contributed by atoms with van der Waals surface area (Å²) in [5.74, 6) is 0.156. The molecule has 1 atom stereocenters. The molecule has 4 rings (SSSR count). The summed E-state index contributed by atoms with van der Waals surface area (Å²) in [6, 6.07) is 7.98. The Hall–Kier alpha value is -2.14. The Labute approximate surface area is 117 Å². The van der Waals surface area contributed by atoms with Crippen LogP contribution in [0.2, 0.25) is 0 Å². The van der Waals surface area contributed by atoms with E-state index in [-0.39, 0.29) is 11.9 Å². The highest BCUT2D eigenvalue weighted by Crippen LogP contribution is 2.28. The third kappa shape index (κ3) is 1.74. The van der Waals surface area contributed by atoms with Gasteiger partial charge in [-0.05, 0) is 18.1 Å². The van der Waals surface area contributed by atoms with E-state index in [1.54, 1.807) is 6.33 Å². The van der Waals surface area contributed by atoms with Gasteiger partial charge < -0.3 is 9.88 Å². The second-order valence-corrected chi connectivity index (χ2v) is 5.33.